The lowest BCUT2D eigenvalue weighted by Gasteiger charge is -2.37. The Kier molecular flexibility index (Phi) is 7.85. The first-order valence-corrected chi connectivity index (χ1v) is 9.52. The van der Waals surface area contributed by atoms with Crippen LogP contribution < -0.4 is 0 Å². The summed E-state index contributed by atoms with van der Waals surface area (Å²) in [5.74, 6) is 3.99. The van der Waals surface area contributed by atoms with Crippen molar-refractivity contribution in [2.75, 3.05) is 13.2 Å². The Hall–Kier alpha value is -0.300. The van der Waals surface area contributed by atoms with E-state index in [1.807, 2.05) is 6.08 Å². The van der Waals surface area contributed by atoms with Gasteiger partial charge in [-0.1, -0.05) is 38.7 Å². The molecular weight excluding hydrogens is 256 g/mol. The molecule has 0 N–H and O–H groups in total. The summed E-state index contributed by atoms with van der Waals surface area (Å²) in [6.07, 6.45) is 17.6. The van der Waals surface area contributed by atoms with Crippen LogP contribution in [0.15, 0.2) is 12.7 Å². The minimum atomic E-state index is 0.836. The highest BCUT2D eigenvalue weighted by Crippen LogP contribution is 2.42. The van der Waals surface area contributed by atoms with E-state index in [0.717, 1.165) is 43.3 Å². The van der Waals surface area contributed by atoms with E-state index in [0.29, 0.717) is 0 Å². The molecule has 0 atom stereocenters. The standard InChI is InChI=1S/C20H36O/c1-3-5-15-21-16-18-9-13-20(14-10-18)19-11-7-17(6-4-2)8-12-19/h3,17-20H,1,4-16H2,2H3/t17-,18?,19-,20?. The zero-order valence-electron chi connectivity index (χ0n) is 14.2. The molecular formula is C20H36O. The lowest BCUT2D eigenvalue weighted by molar-refractivity contribution is 0.0668. The first-order chi connectivity index (χ1) is 10.3. The van der Waals surface area contributed by atoms with E-state index in [9.17, 15) is 0 Å². The molecule has 0 aliphatic heterocycles. The number of ether oxygens (including phenoxy) is 1. The summed E-state index contributed by atoms with van der Waals surface area (Å²) in [4.78, 5) is 0. The summed E-state index contributed by atoms with van der Waals surface area (Å²) in [6.45, 7) is 7.94. The second-order valence-electron chi connectivity index (χ2n) is 7.50. The number of rotatable bonds is 8. The van der Waals surface area contributed by atoms with E-state index in [-0.39, 0.29) is 0 Å². The Morgan fingerprint density at radius 1 is 0.905 bits per heavy atom. The average molecular weight is 293 g/mol. The van der Waals surface area contributed by atoms with Gasteiger partial charge in [0.25, 0.3) is 0 Å². The topological polar surface area (TPSA) is 9.23 Å². The van der Waals surface area contributed by atoms with E-state index in [2.05, 4.69) is 13.5 Å². The second-order valence-corrected chi connectivity index (χ2v) is 7.50. The Bertz CT molecular complexity index is 270. The smallest absolute Gasteiger partial charge is 0.0500 e. The molecule has 1 nitrogen and oxygen atoms in total. The van der Waals surface area contributed by atoms with Gasteiger partial charge in [-0.2, -0.15) is 0 Å². The molecule has 0 bridgehead atoms. The third-order valence-corrected chi connectivity index (χ3v) is 5.97. The van der Waals surface area contributed by atoms with Gasteiger partial charge in [-0.3, -0.25) is 0 Å². The highest BCUT2D eigenvalue weighted by atomic mass is 16.5. The van der Waals surface area contributed by atoms with Crippen LogP contribution in [-0.4, -0.2) is 13.2 Å². The molecule has 0 radical (unpaired) electrons. The molecule has 2 aliphatic carbocycles. The molecule has 0 aromatic heterocycles. The molecule has 1 heteroatoms. The van der Waals surface area contributed by atoms with E-state index >= 15 is 0 Å². The lowest BCUT2D eigenvalue weighted by Crippen LogP contribution is -2.27. The second kappa shape index (κ2) is 9.66. The van der Waals surface area contributed by atoms with Crippen LogP contribution in [0.1, 0.15) is 77.6 Å². The fraction of sp³-hybridized carbons (Fsp3) is 0.900. The average Bonchev–Trinajstić information content (AvgIpc) is 2.53. The van der Waals surface area contributed by atoms with Crippen molar-refractivity contribution in [3.63, 3.8) is 0 Å². The van der Waals surface area contributed by atoms with E-state index in [4.69, 9.17) is 4.74 Å². The molecule has 122 valence electrons. The molecule has 0 heterocycles. The SMILES string of the molecule is C=CCCOCC1CCC([C@H]2CC[C@H](CCC)CC2)CC1. The molecule has 0 spiro atoms. The van der Waals surface area contributed by atoms with Gasteiger partial charge in [0.15, 0.2) is 0 Å². The van der Waals surface area contributed by atoms with Gasteiger partial charge >= 0.3 is 0 Å². The minimum absolute atomic E-state index is 0.836. The van der Waals surface area contributed by atoms with Crippen molar-refractivity contribution in [2.45, 2.75) is 77.6 Å². The largest absolute Gasteiger partial charge is 0.381 e. The van der Waals surface area contributed by atoms with E-state index < -0.39 is 0 Å². The molecule has 2 saturated carbocycles. The third-order valence-electron chi connectivity index (χ3n) is 5.97. The third kappa shape index (κ3) is 5.77. The van der Waals surface area contributed by atoms with Crippen LogP contribution >= 0.6 is 0 Å². The van der Waals surface area contributed by atoms with Gasteiger partial charge in [-0.25, -0.2) is 0 Å². The molecule has 0 unspecified atom stereocenters. The van der Waals surface area contributed by atoms with Crippen molar-refractivity contribution in [3.05, 3.63) is 12.7 Å². The summed E-state index contributed by atoms with van der Waals surface area (Å²) >= 11 is 0. The maximum absolute atomic E-state index is 5.76. The van der Waals surface area contributed by atoms with Crippen LogP contribution in [0.2, 0.25) is 0 Å². The molecule has 2 fully saturated rings. The summed E-state index contributed by atoms with van der Waals surface area (Å²) < 4.78 is 5.76. The van der Waals surface area contributed by atoms with Crippen LogP contribution in [-0.2, 0) is 4.74 Å². The van der Waals surface area contributed by atoms with Crippen LogP contribution in [0.25, 0.3) is 0 Å². The summed E-state index contributed by atoms with van der Waals surface area (Å²) in [7, 11) is 0. The predicted molar refractivity (Wildman–Crippen MR) is 91.4 cm³/mol. The molecule has 0 aromatic rings. The molecule has 0 amide bonds. The van der Waals surface area contributed by atoms with Crippen LogP contribution in [0.4, 0.5) is 0 Å². The van der Waals surface area contributed by atoms with Gasteiger partial charge in [0.2, 0.25) is 0 Å². The van der Waals surface area contributed by atoms with Crippen LogP contribution in [0.5, 0.6) is 0 Å². The van der Waals surface area contributed by atoms with Crippen molar-refractivity contribution in [3.8, 4) is 0 Å². The minimum Gasteiger partial charge on any atom is -0.381 e. The first kappa shape index (κ1) is 17.1. The van der Waals surface area contributed by atoms with Crippen molar-refractivity contribution < 1.29 is 4.74 Å². The molecule has 2 rings (SSSR count). The fourth-order valence-electron chi connectivity index (χ4n) is 4.60. The highest BCUT2D eigenvalue weighted by molar-refractivity contribution is 4.82. The summed E-state index contributed by atoms with van der Waals surface area (Å²) in [6, 6.07) is 0. The van der Waals surface area contributed by atoms with Gasteiger partial charge < -0.3 is 4.74 Å². The van der Waals surface area contributed by atoms with Crippen molar-refractivity contribution in [1.29, 1.82) is 0 Å². The molecule has 0 saturated heterocycles. The summed E-state index contributed by atoms with van der Waals surface area (Å²) in [5.41, 5.74) is 0. The maximum atomic E-state index is 5.76. The van der Waals surface area contributed by atoms with E-state index in [1.54, 1.807) is 0 Å². The van der Waals surface area contributed by atoms with Crippen LogP contribution in [0.3, 0.4) is 0 Å². The normalized spacial score (nSPS) is 33.8. The van der Waals surface area contributed by atoms with Gasteiger partial charge in [-0.15, -0.1) is 6.58 Å². The number of hydrogen-bond acceptors (Lipinski definition) is 1. The zero-order valence-corrected chi connectivity index (χ0v) is 14.2. The first-order valence-electron chi connectivity index (χ1n) is 9.52. The summed E-state index contributed by atoms with van der Waals surface area (Å²) in [5, 5.41) is 0. The van der Waals surface area contributed by atoms with Gasteiger partial charge in [0, 0.05) is 6.61 Å². The fourth-order valence-corrected chi connectivity index (χ4v) is 4.60. The molecule has 21 heavy (non-hydrogen) atoms. The zero-order chi connectivity index (χ0) is 14.9. The quantitative estimate of drug-likeness (QED) is 0.394. The Balaban J connectivity index is 1.59. The monoisotopic (exact) mass is 292 g/mol. The van der Waals surface area contributed by atoms with Crippen molar-refractivity contribution in [1.82, 2.24) is 0 Å². The van der Waals surface area contributed by atoms with Crippen molar-refractivity contribution in [2.24, 2.45) is 23.7 Å². The number of hydrogen-bond donors (Lipinski definition) is 0. The highest BCUT2D eigenvalue weighted by Gasteiger charge is 2.30. The lowest BCUT2D eigenvalue weighted by atomic mass is 9.69. The Morgan fingerprint density at radius 2 is 1.48 bits per heavy atom. The maximum Gasteiger partial charge on any atom is 0.0500 e. The predicted octanol–water partition coefficient (Wildman–Crippen LogP) is 5.99. The molecule has 2 aliphatic rings. The Labute approximate surface area is 132 Å². The van der Waals surface area contributed by atoms with Gasteiger partial charge in [-0.05, 0) is 68.6 Å². The molecule has 0 aromatic carbocycles. The Morgan fingerprint density at radius 3 is 2.00 bits per heavy atom. The van der Waals surface area contributed by atoms with Crippen LogP contribution in [0, 0.1) is 23.7 Å². The van der Waals surface area contributed by atoms with E-state index in [1.165, 1.54) is 64.2 Å². The van der Waals surface area contributed by atoms with Crippen molar-refractivity contribution >= 4 is 0 Å². The van der Waals surface area contributed by atoms with Gasteiger partial charge in [0.1, 0.15) is 0 Å². The van der Waals surface area contributed by atoms with Gasteiger partial charge in [0.05, 0.1) is 6.61 Å².